The zero-order valence-electron chi connectivity index (χ0n) is 16.5. The summed E-state index contributed by atoms with van der Waals surface area (Å²) in [6.45, 7) is 0.747. The molecule has 4 rings (SSSR count). The van der Waals surface area contributed by atoms with Gasteiger partial charge in [-0.3, -0.25) is 9.59 Å². The highest BCUT2D eigenvalue weighted by Crippen LogP contribution is 2.23. The number of rotatable bonds is 3. The topological polar surface area (TPSA) is 62.3 Å². The third-order valence-electron chi connectivity index (χ3n) is 4.88. The maximum Gasteiger partial charge on any atom is 0.255 e. The molecule has 0 saturated carbocycles. The molecule has 0 unspecified atom stereocenters. The Morgan fingerprint density at radius 3 is 2.60 bits per heavy atom. The number of hydrogen-bond donors (Lipinski definition) is 1. The number of hydrogen-bond acceptors (Lipinski definition) is 3. The second kappa shape index (κ2) is 9.06. The molecule has 5 heteroatoms. The van der Waals surface area contributed by atoms with Gasteiger partial charge in [-0.05, 0) is 73.4 Å². The van der Waals surface area contributed by atoms with Crippen molar-refractivity contribution in [2.75, 3.05) is 16.8 Å². The van der Waals surface area contributed by atoms with Crippen LogP contribution in [0.25, 0.3) is 0 Å². The Labute approximate surface area is 175 Å². The minimum absolute atomic E-state index is 0.154. The van der Waals surface area contributed by atoms with E-state index >= 15 is 0 Å². The highest BCUT2D eigenvalue weighted by molar-refractivity contribution is 6.04. The minimum atomic E-state index is -0.210. The van der Waals surface area contributed by atoms with E-state index in [1.165, 1.54) is 0 Å². The Morgan fingerprint density at radius 1 is 0.967 bits per heavy atom. The van der Waals surface area contributed by atoms with Crippen LogP contribution in [-0.2, 0) is 4.79 Å². The molecule has 1 aliphatic rings. The van der Waals surface area contributed by atoms with Crippen molar-refractivity contribution in [2.45, 2.75) is 19.3 Å². The Morgan fingerprint density at radius 2 is 1.83 bits per heavy atom. The van der Waals surface area contributed by atoms with Crippen molar-refractivity contribution in [3.8, 4) is 11.8 Å². The van der Waals surface area contributed by atoms with Gasteiger partial charge in [0.1, 0.15) is 5.69 Å². The van der Waals surface area contributed by atoms with E-state index < -0.39 is 0 Å². The first-order valence-corrected chi connectivity index (χ1v) is 9.94. The van der Waals surface area contributed by atoms with E-state index in [2.05, 4.69) is 22.1 Å². The van der Waals surface area contributed by atoms with Crippen LogP contribution in [0.3, 0.4) is 0 Å². The lowest BCUT2D eigenvalue weighted by Gasteiger charge is -2.26. The van der Waals surface area contributed by atoms with E-state index in [-0.39, 0.29) is 11.8 Å². The van der Waals surface area contributed by atoms with E-state index in [4.69, 9.17) is 0 Å². The molecule has 1 N–H and O–H groups in total. The van der Waals surface area contributed by atoms with E-state index in [0.717, 1.165) is 30.6 Å². The van der Waals surface area contributed by atoms with Gasteiger partial charge in [0.05, 0.1) is 0 Å². The van der Waals surface area contributed by atoms with Gasteiger partial charge >= 0.3 is 0 Å². The molecule has 1 fully saturated rings. The predicted octanol–water partition coefficient (Wildman–Crippen LogP) is 4.25. The van der Waals surface area contributed by atoms with E-state index in [9.17, 15) is 9.59 Å². The van der Waals surface area contributed by atoms with Crippen molar-refractivity contribution < 1.29 is 9.59 Å². The lowest BCUT2D eigenvalue weighted by Crippen LogP contribution is -2.35. The molecule has 3 aromatic rings. The summed E-state index contributed by atoms with van der Waals surface area (Å²) in [6.07, 6.45) is 4.26. The third kappa shape index (κ3) is 4.73. The number of piperidine rings is 1. The molecule has 2 aromatic carbocycles. The molecule has 2 amide bonds. The predicted molar refractivity (Wildman–Crippen MR) is 117 cm³/mol. The second-order valence-corrected chi connectivity index (χ2v) is 7.05. The number of amides is 2. The summed E-state index contributed by atoms with van der Waals surface area (Å²) in [5.74, 6) is 5.98. The zero-order valence-corrected chi connectivity index (χ0v) is 16.5. The van der Waals surface area contributed by atoms with E-state index in [0.29, 0.717) is 23.4 Å². The van der Waals surface area contributed by atoms with Crippen molar-refractivity contribution in [2.24, 2.45) is 0 Å². The summed E-state index contributed by atoms with van der Waals surface area (Å²) < 4.78 is 0. The van der Waals surface area contributed by atoms with Crippen molar-refractivity contribution >= 4 is 23.2 Å². The molecule has 30 heavy (non-hydrogen) atoms. The molecule has 1 aromatic heterocycles. The molecule has 1 saturated heterocycles. The third-order valence-corrected chi connectivity index (χ3v) is 4.88. The Balaban J connectivity index is 1.44. The average Bonchev–Trinajstić information content (AvgIpc) is 2.79. The number of benzene rings is 2. The maximum atomic E-state index is 12.6. The molecule has 148 valence electrons. The highest BCUT2D eigenvalue weighted by Gasteiger charge is 2.19. The fraction of sp³-hybridized carbons (Fsp3) is 0.160. The number of carbonyl (C=O) groups excluding carboxylic acids is 2. The van der Waals surface area contributed by atoms with Crippen LogP contribution in [0.1, 0.15) is 40.9 Å². The van der Waals surface area contributed by atoms with Gasteiger partial charge in [-0.2, -0.15) is 0 Å². The molecule has 0 radical (unpaired) electrons. The van der Waals surface area contributed by atoms with Crippen LogP contribution < -0.4 is 10.2 Å². The highest BCUT2D eigenvalue weighted by atomic mass is 16.2. The molecule has 2 heterocycles. The fourth-order valence-electron chi connectivity index (χ4n) is 3.32. The molecule has 0 bridgehead atoms. The quantitative estimate of drug-likeness (QED) is 0.675. The largest absolute Gasteiger partial charge is 0.322 e. The molecular formula is C25H21N3O2. The lowest BCUT2D eigenvalue weighted by molar-refractivity contribution is -0.119. The Hall–Kier alpha value is -3.91. The number of aromatic nitrogens is 1. The standard InChI is InChI=1S/C25H21N3O2/c29-24-9-2-4-17-28(24)23-14-12-22(13-15-23)27-25(30)20-7-5-6-19(18-20)10-11-21-8-1-3-16-26-21/h1,3,5-8,12-16,18H,2,4,9,17H2,(H,27,30). The molecule has 5 nitrogen and oxygen atoms in total. The minimum Gasteiger partial charge on any atom is -0.322 e. The van der Waals surface area contributed by atoms with Gasteiger partial charge < -0.3 is 10.2 Å². The van der Waals surface area contributed by atoms with Gasteiger partial charge in [0.15, 0.2) is 0 Å². The summed E-state index contributed by atoms with van der Waals surface area (Å²) in [6, 6.07) is 20.1. The number of pyridine rings is 1. The Kier molecular flexibility index (Phi) is 5.86. The first kappa shape index (κ1) is 19.4. The number of nitrogens with one attached hydrogen (secondary N) is 1. The first-order valence-electron chi connectivity index (χ1n) is 9.94. The van der Waals surface area contributed by atoms with Crippen LogP contribution in [0, 0.1) is 11.8 Å². The van der Waals surface area contributed by atoms with Gasteiger partial charge in [0, 0.05) is 41.7 Å². The van der Waals surface area contributed by atoms with E-state index in [1.807, 2.05) is 54.6 Å². The van der Waals surface area contributed by atoms with Crippen LogP contribution in [0.2, 0.25) is 0 Å². The average molecular weight is 395 g/mol. The number of carbonyl (C=O) groups is 2. The summed E-state index contributed by atoms with van der Waals surface area (Å²) >= 11 is 0. The number of anilines is 2. The van der Waals surface area contributed by atoms with Gasteiger partial charge in [-0.15, -0.1) is 0 Å². The summed E-state index contributed by atoms with van der Waals surface area (Å²) in [7, 11) is 0. The van der Waals surface area contributed by atoms with Crippen molar-refractivity contribution in [1.82, 2.24) is 4.98 Å². The maximum absolute atomic E-state index is 12.6. The van der Waals surface area contributed by atoms with Gasteiger partial charge in [0.2, 0.25) is 5.91 Å². The van der Waals surface area contributed by atoms with Gasteiger partial charge in [-0.1, -0.05) is 18.1 Å². The monoisotopic (exact) mass is 395 g/mol. The van der Waals surface area contributed by atoms with Crippen LogP contribution in [-0.4, -0.2) is 23.3 Å². The van der Waals surface area contributed by atoms with Crippen LogP contribution in [0.15, 0.2) is 72.9 Å². The Bertz CT molecular complexity index is 1110. The molecule has 0 atom stereocenters. The van der Waals surface area contributed by atoms with Crippen molar-refractivity contribution in [1.29, 1.82) is 0 Å². The molecule has 1 aliphatic heterocycles. The van der Waals surface area contributed by atoms with Gasteiger partial charge in [0.25, 0.3) is 5.91 Å². The van der Waals surface area contributed by atoms with Crippen LogP contribution in [0.4, 0.5) is 11.4 Å². The molecule has 0 aliphatic carbocycles. The SMILES string of the molecule is O=C(Nc1ccc(N2CCCCC2=O)cc1)c1cccc(C#Cc2ccccn2)c1. The van der Waals surface area contributed by atoms with E-state index in [1.54, 1.807) is 23.2 Å². The molecule has 0 spiro atoms. The lowest BCUT2D eigenvalue weighted by atomic mass is 10.1. The summed E-state index contributed by atoms with van der Waals surface area (Å²) in [4.78, 5) is 30.7. The summed E-state index contributed by atoms with van der Waals surface area (Å²) in [5, 5.41) is 2.90. The fourth-order valence-corrected chi connectivity index (χ4v) is 3.32. The molecular weight excluding hydrogens is 374 g/mol. The first-order chi connectivity index (χ1) is 14.7. The normalized spacial score (nSPS) is 13.3. The van der Waals surface area contributed by atoms with Crippen LogP contribution >= 0.6 is 0 Å². The smallest absolute Gasteiger partial charge is 0.255 e. The zero-order chi connectivity index (χ0) is 20.8. The van der Waals surface area contributed by atoms with Crippen molar-refractivity contribution in [3.05, 3.63) is 89.7 Å². The van der Waals surface area contributed by atoms with Gasteiger partial charge in [-0.25, -0.2) is 4.98 Å². The van der Waals surface area contributed by atoms with Crippen molar-refractivity contribution in [3.63, 3.8) is 0 Å². The van der Waals surface area contributed by atoms with Crippen LogP contribution in [0.5, 0.6) is 0 Å². The second-order valence-electron chi connectivity index (χ2n) is 7.05. The number of nitrogens with zero attached hydrogens (tertiary/aromatic N) is 2. The summed E-state index contributed by atoms with van der Waals surface area (Å²) in [5.41, 5.74) is 3.49.